The zero-order chi connectivity index (χ0) is 11.4. The molecule has 0 saturated heterocycles. The van der Waals surface area contributed by atoms with Crippen LogP contribution in [0.1, 0.15) is 13.8 Å². The highest BCUT2D eigenvalue weighted by molar-refractivity contribution is 6.18. The summed E-state index contributed by atoms with van der Waals surface area (Å²) in [7, 11) is 1.15. The van der Waals surface area contributed by atoms with Crippen molar-refractivity contribution >= 4 is 23.5 Å². The normalized spacial score (nSPS) is 14.7. The molecule has 2 N–H and O–H groups in total. The highest BCUT2D eigenvalue weighted by Crippen LogP contribution is 2.17. The Morgan fingerprint density at radius 1 is 1.43 bits per heavy atom. The van der Waals surface area contributed by atoms with Gasteiger partial charge in [0.2, 0.25) is 5.54 Å². The summed E-state index contributed by atoms with van der Waals surface area (Å²) in [5.74, 6) is -2.15. The smallest absolute Gasteiger partial charge is 0.339 e. The number of rotatable bonds is 4. The van der Waals surface area contributed by atoms with Crippen molar-refractivity contribution in [2.24, 2.45) is 11.7 Å². The summed E-state index contributed by atoms with van der Waals surface area (Å²) in [4.78, 5) is 22.7. The van der Waals surface area contributed by atoms with Crippen LogP contribution in [0.15, 0.2) is 0 Å². The van der Waals surface area contributed by atoms with Crippen LogP contribution < -0.4 is 5.73 Å². The van der Waals surface area contributed by atoms with Gasteiger partial charge in [-0.1, -0.05) is 25.4 Å². The predicted octanol–water partition coefficient (Wildman–Crippen LogP) is 0.252. The summed E-state index contributed by atoms with van der Waals surface area (Å²) in [6, 6.07) is -0.346. The van der Waals surface area contributed by atoms with Crippen LogP contribution in [0.25, 0.3) is 0 Å². The van der Waals surface area contributed by atoms with Gasteiger partial charge in [-0.25, -0.2) is 9.59 Å². The minimum absolute atomic E-state index is 0.346. The van der Waals surface area contributed by atoms with Gasteiger partial charge in [-0.05, 0) is 5.92 Å². The molecule has 0 bridgehead atoms. The molecule has 0 aliphatic carbocycles. The van der Waals surface area contributed by atoms with Gasteiger partial charge in [0.05, 0.1) is 7.11 Å². The standard InChI is InChI=1S/C8H14ClNO4/c1-5(2)8(10,6(11)13-3)7(12)14-4-9/h5H,4,10H2,1-3H3. The minimum atomic E-state index is -1.79. The number of carbonyl (C=O) groups is 2. The van der Waals surface area contributed by atoms with Gasteiger partial charge in [-0.15, -0.1) is 0 Å². The van der Waals surface area contributed by atoms with Crippen molar-refractivity contribution in [3.05, 3.63) is 0 Å². The van der Waals surface area contributed by atoms with E-state index < -0.39 is 23.4 Å². The molecule has 1 atom stereocenters. The van der Waals surface area contributed by atoms with Gasteiger partial charge in [-0.2, -0.15) is 0 Å². The molecule has 0 aliphatic rings. The van der Waals surface area contributed by atoms with Crippen molar-refractivity contribution in [1.29, 1.82) is 0 Å². The monoisotopic (exact) mass is 223 g/mol. The molecule has 0 aromatic carbocycles. The fourth-order valence-corrected chi connectivity index (χ4v) is 0.992. The van der Waals surface area contributed by atoms with E-state index >= 15 is 0 Å². The Labute approximate surface area is 87.5 Å². The zero-order valence-electron chi connectivity index (χ0n) is 8.37. The van der Waals surface area contributed by atoms with Gasteiger partial charge in [0, 0.05) is 0 Å². The first kappa shape index (κ1) is 13.2. The van der Waals surface area contributed by atoms with Crippen molar-refractivity contribution in [2.45, 2.75) is 19.4 Å². The Morgan fingerprint density at radius 2 is 1.93 bits per heavy atom. The molecule has 1 unspecified atom stereocenters. The van der Waals surface area contributed by atoms with Crippen LogP contribution in [0.3, 0.4) is 0 Å². The van der Waals surface area contributed by atoms with Crippen LogP contribution in [-0.4, -0.2) is 30.7 Å². The van der Waals surface area contributed by atoms with E-state index in [1.165, 1.54) is 0 Å². The van der Waals surface area contributed by atoms with Gasteiger partial charge in [0.25, 0.3) is 0 Å². The summed E-state index contributed by atoms with van der Waals surface area (Å²) < 4.78 is 8.93. The Bertz CT molecular complexity index is 231. The van der Waals surface area contributed by atoms with E-state index in [9.17, 15) is 9.59 Å². The molecule has 0 fully saturated rings. The fraction of sp³-hybridized carbons (Fsp3) is 0.750. The van der Waals surface area contributed by atoms with Crippen LogP contribution >= 0.6 is 11.6 Å². The van der Waals surface area contributed by atoms with Crippen LogP contribution in [0, 0.1) is 5.92 Å². The number of nitrogens with two attached hydrogens (primary N) is 1. The van der Waals surface area contributed by atoms with Gasteiger partial charge < -0.3 is 15.2 Å². The summed E-state index contributed by atoms with van der Waals surface area (Å²) in [6.07, 6.45) is 0. The maximum Gasteiger partial charge on any atom is 0.339 e. The van der Waals surface area contributed by atoms with E-state index in [0.717, 1.165) is 7.11 Å². The third-order valence-electron chi connectivity index (χ3n) is 1.96. The molecule has 5 nitrogen and oxygen atoms in total. The first-order valence-electron chi connectivity index (χ1n) is 4.01. The van der Waals surface area contributed by atoms with Crippen molar-refractivity contribution in [3.8, 4) is 0 Å². The SMILES string of the molecule is COC(=O)C(N)(C(=O)OCCl)C(C)C. The van der Waals surface area contributed by atoms with Crippen LogP contribution in [0.5, 0.6) is 0 Å². The average molecular weight is 224 g/mol. The van der Waals surface area contributed by atoms with Gasteiger partial charge in [-0.3, -0.25) is 0 Å². The molecular weight excluding hydrogens is 210 g/mol. The van der Waals surface area contributed by atoms with Crippen LogP contribution in [0.4, 0.5) is 0 Å². The quantitative estimate of drug-likeness (QED) is 0.420. The third-order valence-corrected chi connectivity index (χ3v) is 2.07. The minimum Gasteiger partial charge on any atom is -0.467 e. The lowest BCUT2D eigenvalue weighted by atomic mass is 9.87. The first-order valence-corrected chi connectivity index (χ1v) is 4.55. The Hall–Kier alpha value is -0.810. The second-order valence-corrected chi connectivity index (χ2v) is 3.27. The Balaban J connectivity index is 4.90. The number of methoxy groups -OCH3 is 1. The summed E-state index contributed by atoms with van der Waals surface area (Å²) in [6.45, 7) is 3.23. The van der Waals surface area contributed by atoms with Crippen molar-refractivity contribution in [2.75, 3.05) is 13.2 Å². The maximum atomic E-state index is 11.4. The van der Waals surface area contributed by atoms with E-state index in [1.54, 1.807) is 13.8 Å². The molecule has 14 heavy (non-hydrogen) atoms. The van der Waals surface area contributed by atoms with Crippen LogP contribution in [0.2, 0.25) is 0 Å². The third kappa shape index (κ3) is 2.36. The Kier molecular flexibility index (Phi) is 4.87. The second kappa shape index (κ2) is 5.17. The van der Waals surface area contributed by atoms with E-state index in [2.05, 4.69) is 9.47 Å². The average Bonchev–Trinajstić information content (AvgIpc) is 2.15. The molecule has 0 aromatic rings. The van der Waals surface area contributed by atoms with Crippen molar-refractivity contribution in [1.82, 2.24) is 0 Å². The first-order chi connectivity index (χ1) is 6.41. The van der Waals surface area contributed by atoms with Gasteiger partial charge in [0.15, 0.2) is 6.07 Å². The number of esters is 2. The molecule has 0 saturated carbocycles. The number of alkyl halides is 1. The second-order valence-electron chi connectivity index (χ2n) is 3.06. The molecule has 0 spiro atoms. The highest BCUT2D eigenvalue weighted by Gasteiger charge is 2.47. The molecule has 6 heteroatoms. The highest BCUT2D eigenvalue weighted by atomic mass is 35.5. The largest absolute Gasteiger partial charge is 0.467 e. The van der Waals surface area contributed by atoms with Crippen molar-refractivity contribution < 1.29 is 19.1 Å². The molecule has 82 valence electrons. The van der Waals surface area contributed by atoms with Gasteiger partial charge in [0.1, 0.15) is 0 Å². The molecular formula is C8H14ClNO4. The number of ether oxygens (including phenoxy) is 2. The number of hydrogen-bond donors (Lipinski definition) is 1. The lowest BCUT2D eigenvalue weighted by Gasteiger charge is -2.27. The zero-order valence-corrected chi connectivity index (χ0v) is 9.13. The number of halogens is 1. The van der Waals surface area contributed by atoms with E-state index in [1.807, 2.05) is 0 Å². The molecule has 0 amide bonds. The summed E-state index contributed by atoms with van der Waals surface area (Å²) >= 11 is 5.20. The summed E-state index contributed by atoms with van der Waals surface area (Å²) in [5.41, 5.74) is 3.83. The summed E-state index contributed by atoms with van der Waals surface area (Å²) in [5, 5.41) is 0. The number of carbonyl (C=O) groups excluding carboxylic acids is 2. The lowest BCUT2D eigenvalue weighted by molar-refractivity contribution is -0.164. The van der Waals surface area contributed by atoms with E-state index in [-0.39, 0.29) is 6.07 Å². The molecule has 0 aromatic heterocycles. The van der Waals surface area contributed by atoms with E-state index in [4.69, 9.17) is 17.3 Å². The lowest BCUT2D eigenvalue weighted by Crippen LogP contribution is -2.60. The van der Waals surface area contributed by atoms with Crippen LogP contribution in [-0.2, 0) is 19.1 Å². The Morgan fingerprint density at radius 3 is 2.21 bits per heavy atom. The predicted molar refractivity (Wildman–Crippen MR) is 50.6 cm³/mol. The van der Waals surface area contributed by atoms with Gasteiger partial charge >= 0.3 is 11.9 Å². The molecule has 0 heterocycles. The topological polar surface area (TPSA) is 78.6 Å². The fourth-order valence-electron chi connectivity index (χ4n) is 0.893. The molecule has 0 radical (unpaired) electrons. The number of hydrogen-bond acceptors (Lipinski definition) is 5. The molecule has 0 rings (SSSR count). The molecule has 0 aliphatic heterocycles. The van der Waals surface area contributed by atoms with E-state index in [0.29, 0.717) is 0 Å². The maximum absolute atomic E-state index is 11.4. The van der Waals surface area contributed by atoms with Crippen molar-refractivity contribution in [3.63, 3.8) is 0 Å².